The molecule has 0 bridgehead atoms. The number of halogens is 1. The van der Waals surface area contributed by atoms with Gasteiger partial charge in [-0.3, -0.25) is 0 Å². The van der Waals surface area contributed by atoms with Gasteiger partial charge in [-0.2, -0.15) is 10.1 Å². The van der Waals surface area contributed by atoms with Gasteiger partial charge in [0.1, 0.15) is 30.8 Å². The number of primary amides is 1. The summed E-state index contributed by atoms with van der Waals surface area (Å²) in [5.41, 5.74) is 3.91. The van der Waals surface area contributed by atoms with Crippen LogP contribution in [0.2, 0.25) is 0 Å². The van der Waals surface area contributed by atoms with Gasteiger partial charge in [0, 0.05) is 30.1 Å². The van der Waals surface area contributed by atoms with E-state index in [4.69, 9.17) is 9.47 Å². The van der Waals surface area contributed by atoms with E-state index < -0.39 is 12.8 Å². The van der Waals surface area contributed by atoms with Crippen molar-refractivity contribution >= 4 is 22.7 Å². The Morgan fingerprint density at radius 1 is 1.24 bits per heavy atom. The molecule has 0 aliphatic heterocycles. The highest BCUT2D eigenvalue weighted by atomic mass is 19.1. The van der Waals surface area contributed by atoms with E-state index in [1.54, 1.807) is 19.2 Å². The summed E-state index contributed by atoms with van der Waals surface area (Å²) in [5, 5.41) is 12.0. The third kappa shape index (κ3) is 4.23. The van der Waals surface area contributed by atoms with E-state index in [-0.39, 0.29) is 6.61 Å². The molecule has 29 heavy (non-hydrogen) atoms. The summed E-state index contributed by atoms with van der Waals surface area (Å²) >= 11 is 0. The fraction of sp³-hybridized carbons (Fsp3) is 0.273. The number of quaternary nitrogens is 1. The molecule has 6 nitrogen and oxygen atoms in total. The number of aromatic nitrogens is 1. The smallest absolute Gasteiger partial charge is 0.497 e. The summed E-state index contributed by atoms with van der Waals surface area (Å²) < 4.78 is 24.3. The van der Waals surface area contributed by atoms with Crippen LogP contribution in [0.3, 0.4) is 0 Å². The number of nitrogens with two attached hydrogens (primary N) is 1. The molecule has 0 spiro atoms. The van der Waals surface area contributed by atoms with Gasteiger partial charge >= 0.3 is 6.09 Å². The number of hydrogen-bond donors (Lipinski definition) is 1. The van der Waals surface area contributed by atoms with E-state index >= 15 is 0 Å². The average molecular weight is 396 g/mol. The Labute approximate surface area is 168 Å². The van der Waals surface area contributed by atoms with Crippen LogP contribution < -0.4 is 10.1 Å². The predicted molar refractivity (Wildman–Crippen MR) is 108 cm³/mol. The van der Waals surface area contributed by atoms with Crippen LogP contribution in [0.15, 0.2) is 42.5 Å². The number of methoxy groups -OCH3 is 1. The van der Waals surface area contributed by atoms with Gasteiger partial charge in [0.2, 0.25) is 0 Å². The molecule has 0 saturated heterocycles. The van der Waals surface area contributed by atoms with Crippen LogP contribution in [0.5, 0.6) is 5.75 Å². The molecule has 1 amide bonds. The first-order valence-electron chi connectivity index (χ1n) is 9.41. The predicted octanol–water partition coefficient (Wildman–Crippen LogP) is 3.90. The molecule has 0 aliphatic carbocycles. The van der Waals surface area contributed by atoms with Gasteiger partial charge in [-0.05, 0) is 36.2 Å². The molecule has 0 unspecified atom stereocenters. The molecule has 0 fully saturated rings. The molecule has 3 rings (SSSR count). The molecular weight excluding hydrogens is 373 g/mol. The van der Waals surface area contributed by atoms with Crippen LogP contribution in [-0.2, 0) is 11.3 Å². The number of nitriles is 1. The van der Waals surface area contributed by atoms with Gasteiger partial charge in [0.25, 0.3) is 0 Å². The molecular formula is C22H23FN3O3+. The standard InChI is InChI=1S/C22H22FN3O3/c1-3-11-26-20-13-17(28-2)8-9-18(20)19(14-24)21(26)15-4-6-16(7-5-15)25-22(27)29-12-10-23/h4-9,13H,3,10-12H2,1-2H3,(H,25,27)/p+1. The van der Waals surface area contributed by atoms with Crippen LogP contribution in [0, 0.1) is 11.3 Å². The molecule has 0 atom stereocenters. The fourth-order valence-electron chi connectivity index (χ4n) is 3.38. The van der Waals surface area contributed by atoms with Gasteiger partial charge < -0.3 is 14.0 Å². The Balaban J connectivity index is 2.03. The summed E-state index contributed by atoms with van der Waals surface area (Å²) in [6, 6.07) is 15.3. The lowest BCUT2D eigenvalue weighted by Crippen LogP contribution is -2.82. The Morgan fingerprint density at radius 3 is 2.62 bits per heavy atom. The van der Waals surface area contributed by atoms with E-state index in [0.29, 0.717) is 11.3 Å². The SMILES string of the molecule is CCCn1c(-c2ccc([NH2+]C(=O)OCCF)cc2)c(C#N)c2ccc(OC)cc21. The lowest BCUT2D eigenvalue weighted by molar-refractivity contribution is -0.482. The molecule has 2 N–H and O–H groups in total. The Hall–Kier alpha value is -3.37. The topological polar surface area (TPSA) is 80.9 Å². The van der Waals surface area contributed by atoms with Crippen LogP contribution in [0.1, 0.15) is 18.9 Å². The highest BCUT2D eigenvalue weighted by Gasteiger charge is 2.19. The number of carbonyl (C=O) groups excluding carboxylic acids is 1. The first kappa shape index (κ1) is 20.4. The molecule has 1 aromatic heterocycles. The van der Waals surface area contributed by atoms with Gasteiger partial charge in [-0.25, -0.2) is 9.71 Å². The van der Waals surface area contributed by atoms with Gasteiger partial charge in [0.05, 0.1) is 23.9 Å². The second kappa shape index (κ2) is 9.22. The van der Waals surface area contributed by atoms with Gasteiger partial charge in [-0.15, -0.1) is 0 Å². The Kier molecular flexibility index (Phi) is 6.47. The van der Waals surface area contributed by atoms with Crippen molar-refractivity contribution in [3.05, 3.63) is 48.0 Å². The molecule has 7 heteroatoms. The number of carbonyl (C=O) groups is 1. The molecule has 3 aromatic rings. The van der Waals surface area contributed by atoms with Crippen molar-refractivity contribution in [3.63, 3.8) is 0 Å². The van der Waals surface area contributed by atoms with Gasteiger partial charge in [0.15, 0.2) is 0 Å². The molecule has 0 radical (unpaired) electrons. The number of ether oxygens (including phenoxy) is 2. The number of aryl methyl sites for hydroxylation is 1. The first-order chi connectivity index (χ1) is 14.1. The Morgan fingerprint density at radius 2 is 2.00 bits per heavy atom. The number of amides is 1. The quantitative estimate of drug-likeness (QED) is 0.614. The minimum atomic E-state index is -0.706. The lowest BCUT2D eigenvalue weighted by atomic mass is 10.1. The number of nitrogens with zero attached hydrogens (tertiary/aromatic N) is 2. The maximum absolute atomic E-state index is 12.1. The van der Waals surface area contributed by atoms with E-state index in [1.165, 1.54) is 5.32 Å². The van der Waals surface area contributed by atoms with Crippen LogP contribution >= 0.6 is 0 Å². The number of rotatable bonds is 7. The van der Waals surface area contributed by atoms with E-state index in [1.807, 2.05) is 30.3 Å². The van der Waals surface area contributed by atoms with Crippen LogP contribution in [0.4, 0.5) is 14.9 Å². The molecule has 1 heterocycles. The molecule has 0 aliphatic rings. The van der Waals surface area contributed by atoms with Crippen molar-refractivity contribution in [2.75, 3.05) is 20.4 Å². The molecule has 2 aromatic carbocycles. The zero-order valence-corrected chi connectivity index (χ0v) is 16.4. The summed E-state index contributed by atoms with van der Waals surface area (Å²) in [7, 11) is 1.62. The average Bonchev–Trinajstić information content (AvgIpc) is 3.05. The summed E-state index contributed by atoms with van der Waals surface area (Å²) in [4.78, 5) is 11.6. The summed E-state index contributed by atoms with van der Waals surface area (Å²) in [5.74, 6) is 0.736. The third-order valence-electron chi connectivity index (χ3n) is 4.62. The van der Waals surface area contributed by atoms with Crippen molar-refractivity contribution in [1.29, 1.82) is 5.26 Å². The molecule has 0 saturated carbocycles. The van der Waals surface area contributed by atoms with E-state index in [0.717, 1.165) is 40.9 Å². The van der Waals surface area contributed by atoms with Crippen molar-refractivity contribution in [3.8, 4) is 23.1 Å². The number of benzene rings is 2. The summed E-state index contributed by atoms with van der Waals surface area (Å²) in [6.07, 6.45) is 0.325. The fourth-order valence-corrected chi connectivity index (χ4v) is 3.38. The Bertz CT molecular complexity index is 1050. The minimum Gasteiger partial charge on any atom is -0.497 e. The van der Waals surface area contributed by atoms with Crippen LogP contribution in [0.25, 0.3) is 22.2 Å². The zero-order valence-electron chi connectivity index (χ0n) is 16.4. The van der Waals surface area contributed by atoms with E-state index in [2.05, 4.69) is 17.6 Å². The second-order valence-electron chi connectivity index (χ2n) is 6.49. The normalized spacial score (nSPS) is 10.7. The van der Waals surface area contributed by atoms with Gasteiger partial charge in [-0.1, -0.05) is 6.92 Å². The van der Waals surface area contributed by atoms with Crippen molar-refractivity contribution in [2.45, 2.75) is 19.9 Å². The van der Waals surface area contributed by atoms with Crippen LogP contribution in [-0.4, -0.2) is 31.1 Å². The molecule has 150 valence electrons. The van der Waals surface area contributed by atoms with Crippen molar-refractivity contribution < 1.29 is 24.0 Å². The minimum absolute atomic E-state index is 0.250. The number of hydrogen-bond acceptors (Lipinski definition) is 4. The zero-order chi connectivity index (χ0) is 20.8. The second-order valence-corrected chi connectivity index (χ2v) is 6.49. The van der Waals surface area contributed by atoms with E-state index in [9.17, 15) is 14.4 Å². The first-order valence-corrected chi connectivity index (χ1v) is 9.41. The highest BCUT2D eigenvalue weighted by molar-refractivity contribution is 5.95. The monoisotopic (exact) mass is 396 g/mol. The summed E-state index contributed by atoms with van der Waals surface area (Å²) in [6.45, 7) is 1.88. The number of fused-ring (bicyclic) bond motifs is 1. The largest absolute Gasteiger partial charge is 0.517 e. The van der Waals surface area contributed by atoms with Crippen molar-refractivity contribution in [2.24, 2.45) is 0 Å². The maximum atomic E-state index is 12.1. The third-order valence-corrected chi connectivity index (χ3v) is 4.62. The van der Waals surface area contributed by atoms with Crippen molar-refractivity contribution in [1.82, 2.24) is 4.57 Å². The maximum Gasteiger partial charge on any atom is 0.517 e. The number of alkyl halides is 1. The lowest BCUT2D eigenvalue weighted by Gasteiger charge is -2.11. The highest BCUT2D eigenvalue weighted by Crippen LogP contribution is 2.35.